The quantitative estimate of drug-likeness (QED) is 0.122. The fraction of sp³-hybridized carbons (Fsp3) is 0.115. The van der Waals surface area contributed by atoms with Crippen LogP contribution >= 0.6 is 0 Å². The highest BCUT2D eigenvalue weighted by Crippen LogP contribution is 2.40. The minimum absolute atomic E-state index is 0.113. The van der Waals surface area contributed by atoms with Gasteiger partial charge in [0.15, 0.2) is 0 Å². The van der Waals surface area contributed by atoms with Crippen molar-refractivity contribution >= 4 is 38.9 Å². The van der Waals surface area contributed by atoms with Crippen LogP contribution in [-0.4, -0.2) is 10.7 Å². The Balaban J connectivity index is 1.02. The van der Waals surface area contributed by atoms with Crippen LogP contribution in [0, 0.1) is 0 Å². The van der Waals surface area contributed by atoms with Gasteiger partial charge in [-0.25, -0.2) is 0 Å². The molecule has 0 fully saturated rings. The molecule has 0 N–H and O–H groups in total. The van der Waals surface area contributed by atoms with Crippen LogP contribution in [0.25, 0.3) is 72.0 Å². The third-order valence-corrected chi connectivity index (χ3v) is 12.6. The third kappa shape index (κ3) is 8.09. The van der Waals surface area contributed by atoms with E-state index in [-0.39, 0.29) is 6.10 Å². The SMILES string of the molecule is CCC(C)c1ccc(-c2ccc(-c3ccc4c(c3)c3cc(-c5ccc(N(c6ccccc6)c6ccc(-c7ccccc7)cc6)cc5)ccc3n4-c3ccc(OC(C)C)cc3)cc2)cc1. The molecule has 0 bridgehead atoms. The average molecular weight is 829 g/mol. The number of fused-ring (bicyclic) bond motifs is 3. The van der Waals surface area contributed by atoms with Gasteiger partial charge in [0.25, 0.3) is 0 Å². The first kappa shape index (κ1) is 40.5. The number of para-hydroxylation sites is 1. The van der Waals surface area contributed by atoms with Crippen LogP contribution in [0.3, 0.4) is 0 Å². The summed E-state index contributed by atoms with van der Waals surface area (Å²) < 4.78 is 8.41. The van der Waals surface area contributed by atoms with Gasteiger partial charge in [-0.3, -0.25) is 0 Å². The highest BCUT2D eigenvalue weighted by Gasteiger charge is 2.17. The minimum Gasteiger partial charge on any atom is -0.491 e. The van der Waals surface area contributed by atoms with Crippen LogP contribution in [-0.2, 0) is 0 Å². The number of nitrogens with zero attached hydrogens (tertiary/aromatic N) is 2. The Hall–Kier alpha value is -7.62. The second-order valence-corrected chi connectivity index (χ2v) is 17.1. The van der Waals surface area contributed by atoms with E-state index in [9.17, 15) is 0 Å². The number of aromatic nitrogens is 1. The highest BCUT2D eigenvalue weighted by atomic mass is 16.5. The lowest BCUT2D eigenvalue weighted by molar-refractivity contribution is 0.242. The Morgan fingerprint density at radius 2 is 0.797 bits per heavy atom. The van der Waals surface area contributed by atoms with E-state index in [1.807, 2.05) is 0 Å². The van der Waals surface area contributed by atoms with Gasteiger partial charge in [-0.05, 0) is 161 Å². The van der Waals surface area contributed by atoms with E-state index >= 15 is 0 Å². The van der Waals surface area contributed by atoms with Crippen molar-refractivity contribution in [2.75, 3.05) is 4.90 Å². The fourth-order valence-corrected chi connectivity index (χ4v) is 8.96. The molecule has 0 spiro atoms. The standard InChI is InChI=1S/C61H52N2O/c1-5-43(4)44-16-18-46(19-17-44)47-20-22-49(23-21-47)51-28-38-60-58(40-51)59-41-52(29-39-61(59)63(60)56-34-36-57(37-35-56)64-42(2)3)50-26-32-55(33-27-50)62(53-14-10-7-11-15-53)54-30-24-48(25-31-54)45-12-8-6-9-13-45/h6-43H,5H2,1-4H3. The van der Waals surface area contributed by atoms with Crippen LogP contribution < -0.4 is 9.64 Å². The molecule has 1 unspecified atom stereocenters. The van der Waals surface area contributed by atoms with Gasteiger partial charge in [0.1, 0.15) is 5.75 Å². The summed E-state index contributed by atoms with van der Waals surface area (Å²) in [5, 5.41) is 2.43. The maximum absolute atomic E-state index is 6.03. The van der Waals surface area contributed by atoms with E-state index in [4.69, 9.17) is 4.74 Å². The molecule has 0 saturated carbocycles. The first-order valence-corrected chi connectivity index (χ1v) is 22.6. The van der Waals surface area contributed by atoms with Crippen LogP contribution in [0.5, 0.6) is 5.75 Å². The van der Waals surface area contributed by atoms with Gasteiger partial charge in [-0.2, -0.15) is 0 Å². The predicted molar refractivity (Wildman–Crippen MR) is 272 cm³/mol. The molecule has 312 valence electrons. The van der Waals surface area contributed by atoms with Crippen molar-refractivity contribution in [2.45, 2.75) is 46.1 Å². The zero-order valence-corrected chi connectivity index (χ0v) is 36.9. The number of benzene rings is 9. The number of rotatable bonds is 12. The molecule has 0 aliphatic heterocycles. The van der Waals surface area contributed by atoms with Crippen molar-refractivity contribution in [3.05, 3.63) is 224 Å². The Bertz CT molecular complexity index is 3150. The first-order chi connectivity index (χ1) is 31.4. The molecule has 10 rings (SSSR count). The normalized spacial score (nSPS) is 11.9. The molecule has 0 aliphatic carbocycles. The summed E-state index contributed by atoms with van der Waals surface area (Å²) in [5.74, 6) is 1.44. The second kappa shape index (κ2) is 17.6. The molecule has 0 amide bonds. The van der Waals surface area contributed by atoms with Gasteiger partial charge in [0, 0.05) is 33.5 Å². The van der Waals surface area contributed by atoms with Gasteiger partial charge < -0.3 is 14.2 Å². The lowest BCUT2D eigenvalue weighted by Gasteiger charge is -2.26. The van der Waals surface area contributed by atoms with Gasteiger partial charge in [-0.15, -0.1) is 0 Å². The Kier molecular flexibility index (Phi) is 11.1. The Labute approximate surface area is 377 Å². The molecular formula is C61H52N2O. The van der Waals surface area contributed by atoms with Crippen molar-refractivity contribution < 1.29 is 4.74 Å². The number of ether oxygens (including phenoxy) is 1. The van der Waals surface area contributed by atoms with Crippen LogP contribution in [0.2, 0.25) is 0 Å². The van der Waals surface area contributed by atoms with Crippen LogP contribution in [0.1, 0.15) is 45.6 Å². The van der Waals surface area contributed by atoms with Gasteiger partial charge in [0.2, 0.25) is 0 Å². The van der Waals surface area contributed by atoms with Gasteiger partial charge >= 0.3 is 0 Å². The fourth-order valence-electron chi connectivity index (χ4n) is 8.96. The monoisotopic (exact) mass is 828 g/mol. The van der Waals surface area contributed by atoms with Crippen molar-refractivity contribution in [1.29, 1.82) is 0 Å². The van der Waals surface area contributed by atoms with E-state index in [0.717, 1.165) is 46.0 Å². The summed E-state index contributed by atoms with van der Waals surface area (Å²) >= 11 is 0. The summed E-state index contributed by atoms with van der Waals surface area (Å²) in [6.07, 6.45) is 1.26. The molecule has 1 aromatic heterocycles. The zero-order chi connectivity index (χ0) is 43.6. The molecule has 9 aromatic carbocycles. The summed E-state index contributed by atoms with van der Waals surface area (Å²) in [5.41, 5.74) is 17.8. The summed E-state index contributed by atoms with van der Waals surface area (Å²) in [4.78, 5) is 2.32. The van der Waals surface area contributed by atoms with E-state index in [0.29, 0.717) is 5.92 Å². The third-order valence-electron chi connectivity index (χ3n) is 12.6. The first-order valence-electron chi connectivity index (χ1n) is 22.6. The van der Waals surface area contributed by atoms with Crippen molar-refractivity contribution in [3.8, 4) is 55.9 Å². The Morgan fingerprint density at radius 1 is 0.406 bits per heavy atom. The molecule has 1 heterocycles. The molecule has 10 aromatic rings. The lowest BCUT2D eigenvalue weighted by Crippen LogP contribution is -2.09. The molecular weight excluding hydrogens is 777 g/mol. The molecule has 64 heavy (non-hydrogen) atoms. The van der Waals surface area contributed by atoms with Crippen LogP contribution in [0.4, 0.5) is 17.1 Å². The number of hydrogen-bond acceptors (Lipinski definition) is 2. The maximum Gasteiger partial charge on any atom is 0.119 e. The maximum atomic E-state index is 6.03. The largest absolute Gasteiger partial charge is 0.491 e. The summed E-state index contributed by atoms with van der Waals surface area (Å²) in [7, 11) is 0. The van der Waals surface area contributed by atoms with E-state index in [2.05, 4.69) is 256 Å². The van der Waals surface area contributed by atoms with Crippen LogP contribution in [0.15, 0.2) is 218 Å². The molecule has 0 saturated heterocycles. The number of anilines is 3. The van der Waals surface area contributed by atoms with Crippen molar-refractivity contribution in [2.24, 2.45) is 0 Å². The lowest BCUT2D eigenvalue weighted by atomic mass is 9.95. The molecule has 1 atom stereocenters. The minimum atomic E-state index is 0.113. The molecule has 3 nitrogen and oxygen atoms in total. The molecule has 0 radical (unpaired) electrons. The van der Waals surface area contributed by atoms with Gasteiger partial charge in [-0.1, -0.05) is 147 Å². The molecule has 3 heteroatoms. The topological polar surface area (TPSA) is 17.4 Å². The van der Waals surface area contributed by atoms with Gasteiger partial charge in [0.05, 0.1) is 17.1 Å². The highest BCUT2D eigenvalue weighted by molar-refractivity contribution is 6.11. The van der Waals surface area contributed by atoms with E-state index in [1.165, 1.54) is 60.8 Å². The second-order valence-electron chi connectivity index (χ2n) is 17.1. The predicted octanol–water partition coefficient (Wildman–Crippen LogP) is 17.2. The number of hydrogen-bond donors (Lipinski definition) is 0. The Morgan fingerprint density at radius 3 is 1.27 bits per heavy atom. The van der Waals surface area contributed by atoms with E-state index in [1.54, 1.807) is 0 Å². The average Bonchev–Trinajstić information content (AvgIpc) is 3.68. The smallest absolute Gasteiger partial charge is 0.119 e. The van der Waals surface area contributed by atoms with Crippen molar-refractivity contribution in [3.63, 3.8) is 0 Å². The van der Waals surface area contributed by atoms with Crippen molar-refractivity contribution in [1.82, 2.24) is 4.57 Å². The summed E-state index contributed by atoms with van der Waals surface area (Å²) in [6, 6.07) is 79.4. The molecule has 0 aliphatic rings. The zero-order valence-electron chi connectivity index (χ0n) is 36.9. The summed E-state index contributed by atoms with van der Waals surface area (Å²) in [6.45, 7) is 8.67. The van der Waals surface area contributed by atoms with E-state index < -0.39 is 0 Å².